The molecule has 0 heterocycles. The molecule has 18 heavy (non-hydrogen) atoms. The second kappa shape index (κ2) is 6.51. The molecule has 0 aliphatic rings. The third-order valence-electron chi connectivity index (χ3n) is 2.86. The Morgan fingerprint density at radius 3 is 2.11 bits per heavy atom. The molecule has 2 aromatic carbocycles. The maximum atomic E-state index is 5.37. The molecule has 2 aromatic rings. The highest BCUT2D eigenvalue weighted by Gasteiger charge is 2.05. The van der Waals surface area contributed by atoms with E-state index in [-0.39, 0.29) is 0 Å². The van der Waals surface area contributed by atoms with Crippen LogP contribution in [0.3, 0.4) is 0 Å². The van der Waals surface area contributed by atoms with E-state index in [0.29, 0.717) is 0 Å². The number of terminal acetylenes is 1. The third-order valence-corrected chi connectivity index (χ3v) is 2.86. The highest BCUT2D eigenvalue weighted by Crippen LogP contribution is 2.16. The Hall–Kier alpha value is -2.20. The summed E-state index contributed by atoms with van der Waals surface area (Å²) in [5.74, 6) is 2.71. The van der Waals surface area contributed by atoms with E-state index in [0.717, 1.165) is 19.5 Å². The Kier molecular flexibility index (Phi) is 4.44. The van der Waals surface area contributed by atoms with E-state index >= 15 is 0 Å². The minimum absolute atomic E-state index is 0.766. The highest BCUT2D eigenvalue weighted by molar-refractivity contribution is 5.46. The number of hydrogen-bond donors (Lipinski definition) is 0. The Morgan fingerprint density at radius 2 is 1.50 bits per heavy atom. The van der Waals surface area contributed by atoms with Gasteiger partial charge < -0.3 is 4.90 Å². The van der Waals surface area contributed by atoms with E-state index in [2.05, 4.69) is 59.4 Å². The van der Waals surface area contributed by atoms with Crippen LogP contribution in [0.5, 0.6) is 0 Å². The smallest absolute Gasteiger partial charge is 0.0429 e. The Labute approximate surface area is 109 Å². The topological polar surface area (TPSA) is 3.24 Å². The molecule has 0 amide bonds. The van der Waals surface area contributed by atoms with Crippen molar-refractivity contribution in [1.82, 2.24) is 0 Å². The van der Waals surface area contributed by atoms with Gasteiger partial charge in [-0.1, -0.05) is 48.5 Å². The van der Waals surface area contributed by atoms with Gasteiger partial charge in [-0.15, -0.1) is 12.3 Å². The number of para-hydroxylation sites is 1. The molecule has 90 valence electrons. The first-order valence-electron chi connectivity index (χ1n) is 6.17. The van der Waals surface area contributed by atoms with Gasteiger partial charge in [-0.25, -0.2) is 0 Å². The van der Waals surface area contributed by atoms with E-state index in [1.54, 1.807) is 0 Å². The molecule has 0 fully saturated rings. The first-order valence-corrected chi connectivity index (χ1v) is 6.17. The Balaban J connectivity index is 2.14. The van der Waals surface area contributed by atoms with Gasteiger partial charge in [-0.05, 0) is 17.7 Å². The zero-order valence-electron chi connectivity index (χ0n) is 10.4. The monoisotopic (exact) mass is 235 g/mol. The summed E-state index contributed by atoms with van der Waals surface area (Å²) in [6, 6.07) is 20.9. The summed E-state index contributed by atoms with van der Waals surface area (Å²) in [4.78, 5) is 2.31. The maximum absolute atomic E-state index is 5.37. The van der Waals surface area contributed by atoms with Crippen molar-refractivity contribution in [2.75, 3.05) is 11.4 Å². The molecule has 0 spiro atoms. The maximum Gasteiger partial charge on any atom is 0.0429 e. The van der Waals surface area contributed by atoms with Crippen molar-refractivity contribution in [2.45, 2.75) is 13.0 Å². The van der Waals surface area contributed by atoms with Gasteiger partial charge in [0.2, 0.25) is 0 Å². The quantitative estimate of drug-likeness (QED) is 0.714. The SMILES string of the molecule is C#CCCN(Cc1ccccc1)c1ccccc1. The van der Waals surface area contributed by atoms with Crippen molar-refractivity contribution in [3.8, 4) is 12.3 Å². The number of hydrogen-bond acceptors (Lipinski definition) is 1. The average Bonchev–Trinajstić information content (AvgIpc) is 2.45. The van der Waals surface area contributed by atoms with Crippen LogP contribution in [0.4, 0.5) is 5.69 Å². The molecule has 2 rings (SSSR count). The number of nitrogens with zero attached hydrogens (tertiary/aromatic N) is 1. The molecule has 0 N–H and O–H groups in total. The lowest BCUT2D eigenvalue weighted by molar-refractivity contribution is 0.802. The fourth-order valence-corrected chi connectivity index (χ4v) is 1.94. The molecule has 0 atom stereocenters. The lowest BCUT2D eigenvalue weighted by atomic mass is 10.2. The van der Waals surface area contributed by atoms with Crippen LogP contribution in [0.25, 0.3) is 0 Å². The van der Waals surface area contributed by atoms with Crippen LogP contribution in [0, 0.1) is 12.3 Å². The van der Waals surface area contributed by atoms with Crippen LogP contribution >= 0.6 is 0 Å². The van der Waals surface area contributed by atoms with Crippen molar-refractivity contribution in [1.29, 1.82) is 0 Å². The van der Waals surface area contributed by atoms with Crippen LogP contribution in [-0.4, -0.2) is 6.54 Å². The summed E-state index contributed by atoms with van der Waals surface area (Å²) >= 11 is 0. The third kappa shape index (κ3) is 3.40. The molecule has 0 saturated heterocycles. The summed E-state index contributed by atoms with van der Waals surface area (Å²) in [5, 5.41) is 0. The van der Waals surface area contributed by atoms with E-state index in [9.17, 15) is 0 Å². The van der Waals surface area contributed by atoms with E-state index in [4.69, 9.17) is 6.42 Å². The summed E-state index contributed by atoms with van der Waals surface area (Å²) in [7, 11) is 0. The van der Waals surface area contributed by atoms with Gasteiger partial charge in [0.1, 0.15) is 0 Å². The summed E-state index contributed by atoms with van der Waals surface area (Å²) in [5.41, 5.74) is 2.52. The van der Waals surface area contributed by atoms with Gasteiger partial charge in [-0.2, -0.15) is 0 Å². The van der Waals surface area contributed by atoms with Crippen LogP contribution < -0.4 is 4.90 Å². The van der Waals surface area contributed by atoms with Crippen molar-refractivity contribution in [2.24, 2.45) is 0 Å². The zero-order chi connectivity index (χ0) is 12.6. The predicted molar refractivity (Wildman–Crippen MR) is 77.4 cm³/mol. The molecule has 0 radical (unpaired) electrons. The van der Waals surface area contributed by atoms with Gasteiger partial charge in [0, 0.05) is 25.2 Å². The fourth-order valence-electron chi connectivity index (χ4n) is 1.94. The standard InChI is InChI=1S/C17H17N/c1-2-3-14-18(17-12-8-5-9-13-17)15-16-10-6-4-7-11-16/h1,4-13H,3,14-15H2. The molecule has 1 nitrogen and oxygen atoms in total. The Bertz CT molecular complexity index is 496. The van der Waals surface area contributed by atoms with Crippen LogP contribution in [0.15, 0.2) is 60.7 Å². The Morgan fingerprint density at radius 1 is 0.889 bits per heavy atom. The molecule has 0 aliphatic carbocycles. The number of rotatable bonds is 5. The van der Waals surface area contributed by atoms with Crippen molar-refractivity contribution < 1.29 is 0 Å². The van der Waals surface area contributed by atoms with Gasteiger partial charge in [0.25, 0.3) is 0 Å². The molecule has 0 aliphatic heterocycles. The molecule has 1 heteroatoms. The second-order valence-corrected chi connectivity index (χ2v) is 4.20. The largest absolute Gasteiger partial charge is 0.366 e. The molecule has 0 saturated carbocycles. The first kappa shape index (κ1) is 12.3. The van der Waals surface area contributed by atoms with Gasteiger partial charge in [-0.3, -0.25) is 0 Å². The van der Waals surface area contributed by atoms with E-state index in [1.807, 2.05) is 12.1 Å². The lowest BCUT2D eigenvalue weighted by Gasteiger charge is -2.24. The predicted octanol–water partition coefficient (Wildman–Crippen LogP) is 3.72. The van der Waals surface area contributed by atoms with Crippen molar-refractivity contribution >= 4 is 5.69 Å². The lowest BCUT2D eigenvalue weighted by Crippen LogP contribution is -2.23. The minimum Gasteiger partial charge on any atom is -0.366 e. The summed E-state index contributed by atoms with van der Waals surface area (Å²) < 4.78 is 0. The van der Waals surface area contributed by atoms with E-state index < -0.39 is 0 Å². The molecular formula is C17H17N. The summed E-state index contributed by atoms with van der Waals surface area (Å²) in [6.07, 6.45) is 6.14. The molecular weight excluding hydrogens is 218 g/mol. The number of anilines is 1. The van der Waals surface area contributed by atoms with Crippen molar-refractivity contribution in [3.05, 3.63) is 66.2 Å². The van der Waals surface area contributed by atoms with E-state index in [1.165, 1.54) is 11.3 Å². The highest BCUT2D eigenvalue weighted by atomic mass is 15.1. The zero-order valence-corrected chi connectivity index (χ0v) is 10.4. The summed E-state index contributed by atoms with van der Waals surface area (Å²) in [6.45, 7) is 1.78. The fraction of sp³-hybridized carbons (Fsp3) is 0.176. The normalized spacial score (nSPS) is 9.72. The van der Waals surface area contributed by atoms with Crippen molar-refractivity contribution in [3.63, 3.8) is 0 Å². The molecule has 0 bridgehead atoms. The minimum atomic E-state index is 0.766. The first-order chi connectivity index (χ1) is 8.90. The molecule has 0 aromatic heterocycles. The number of benzene rings is 2. The second-order valence-electron chi connectivity index (χ2n) is 4.20. The van der Waals surface area contributed by atoms with Gasteiger partial charge in [0.05, 0.1) is 0 Å². The van der Waals surface area contributed by atoms with Gasteiger partial charge >= 0.3 is 0 Å². The van der Waals surface area contributed by atoms with Crippen LogP contribution in [-0.2, 0) is 6.54 Å². The average molecular weight is 235 g/mol. The van der Waals surface area contributed by atoms with Crippen LogP contribution in [0.2, 0.25) is 0 Å². The van der Waals surface area contributed by atoms with Gasteiger partial charge in [0.15, 0.2) is 0 Å². The molecule has 0 unspecified atom stereocenters. The van der Waals surface area contributed by atoms with Crippen LogP contribution in [0.1, 0.15) is 12.0 Å².